The number of nitrogens with zero attached hydrogens (tertiary/aromatic N) is 5. The molecule has 0 saturated heterocycles. The Morgan fingerprint density at radius 2 is 1.84 bits per heavy atom. The molecule has 11 nitrogen and oxygen atoms in total. The normalized spacial score (nSPS) is 17.2. The molecule has 1 unspecified atom stereocenters. The molecular formula is C33H37KN6O5. The predicted molar refractivity (Wildman–Crippen MR) is 173 cm³/mol. The molecule has 0 amide bonds. The first-order valence-electron chi connectivity index (χ1n) is 15.1. The summed E-state index contributed by atoms with van der Waals surface area (Å²) in [6.07, 6.45) is 7.51. The average molecular weight is 637 g/mol. The summed E-state index contributed by atoms with van der Waals surface area (Å²) < 4.78 is 14.3. The summed E-state index contributed by atoms with van der Waals surface area (Å²) in [5.74, 6) is 0.342. The zero-order valence-corrected chi connectivity index (χ0v) is 24.7. The molecule has 1 aliphatic rings. The minimum absolute atomic E-state index is 0. The molecule has 230 valence electrons. The van der Waals surface area contributed by atoms with Crippen LogP contribution in [0, 0.1) is 0 Å². The molecule has 0 bridgehead atoms. The SMILES string of the molecule is C=CC(O)CO[C@H]1CC[C@H](n2c(=O)c(Cc3ccc(-c4ccccc4-c4noc(=O)[nH]4)cc3)c(CCC)n3ncnc32)CC1.[KH]. The summed E-state index contributed by atoms with van der Waals surface area (Å²) in [7, 11) is 0. The van der Waals surface area contributed by atoms with Gasteiger partial charge in [0.15, 0.2) is 5.82 Å². The van der Waals surface area contributed by atoms with Gasteiger partial charge in [-0.15, -0.1) is 6.58 Å². The fraction of sp³-hybridized carbons (Fsp3) is 0.364. The van der Waals surface area contributed by atoms with Gasteiger partial charge in [0.1, 0.15) is 6.33 Å². The van der Waals surface area contributed by atoms with Crippen molar-refractivity contribution >= 4 is 57.2 Å². The van der Waals surface area contributed by atoms with Gasteiger partial charge in [-0.05, 0) is 48.8 Å². The minimum atomic E-state index is -0.678. The van der Waals surface area contributed by atoms with Crippen LogP contribution in [0.4, 0.5) is 0 Å². The van der Waals surface area contributed by atoms with E-state index in [0.717, 1.165) is 65.6 Å². The van der Waals surface area contributed by atoms with E-state index >= 15 is 0 Å². The second-order valence-corrected chi connectivity index (χ2v) is 11.3. The Kier molecular flexibility index (Phi) is 11.2. The van der Waals surface area contributed by atoms with E-state index < -0.39 is 11.9 Å². The molecule has 6 rings (SSSR count). The number of ether oxygens (including phenoxy) is 1. The van der Waals surface area contributed by atoms with Crippen molar-refractivity contribution in [3.8, 4) is 22.5 Å². The Labute approximate surface area is 302 Å². The first kappa shape index (κ1) is 33.4. The number of H-pyrrole nitrogens is 1. The van der Waals surface area contributed by atoms with Crippen LogP contribution in [0.25, 0.3) is 28.3 Å². The summed E-state index contributed by atoms with van der Waals surface area (Å²) in [5.41, 5.74) is 5.20. The monoisotopic (exact) mass is 636 g/mol. The molecule has 0 spiro atoms. The Hall–Kier alpha value is -2.97. The molecule has 3 heterocycles. The Morgan fingerprint density at radius 1 is 1.11 bits per heavy atom. The quantitative estimate of drug-likeness (QED) is 0.165. The Bertz CT molecular complexity index is 1870. The van der Waals surface area contributed by atoms with Gasteiger partial charge in [-0.3, -0.25) is 18.9 Å². The molecule has 2 aromatic carbocycles. The third kappa shape index (κ3) is 7.22. The first-order valence-corrected chi connectivity index (χ1v) is 15.1. The molecular weight excluding hydrogens is 599 g/mol. The second-order valence-electron chi connectivity index (χ2n) is 11.3. The van der Waals surface area contributed by atoms with Gasteiger partial charge in [0, 0.05) is 23.6 Å². The number of aryl methyl sites for hydroxylation is 1. The molecule has 1 aliphatic carbocycles. The van der Waals surface area contributed by atoms with Crippen LogP contribution in [0.1, 0.15) is 61.9 Å². The number of benzene rings is 2. The third-order valence-corrected chi connectivity index (χ3v) is 8.36. The van der Waals surface area contributed by atoms with E-state index in [0.29, 0.717) is 24.4 Å². The maximum absolute atomic E-state index is 14.3. The summed E-state index contributed by atoms with van der Waals surface area (Å²) in [6.45, 7) is 5.93. The van der Waals surface area contributed by atoms with Crippen LogP contribution in [-0.4, -0.2) is 105 Å². The van der Waals surface area contributed by atoms with Crippen LogP contribution in [0.2, 0.25) is 0 Å². The second kappa shape index (κ2) is 15.1. The predicted octanol–water partition coefficient (Wildman–Crippen LogP) is 3.84. The van der Waals surface area contributed by atoms with Gasteiger partial charge in [-0.25, -0.2) is 9.31 Å². The van der Waals surface area contributed by atoms with Crippen LogP contribution >= 0.6 is 0 Å². The van der Waals surface area contributed by atoms with Gasteiger partial charge in [-0.2, -0.15) is 10.1 Å². The molecule has 12 heteroatoms. The number of aromatic nitrogens is 6. The number of hydrogen-bond acceptors (Lipinski definition) is 8. The van der Waals surface area contributed by atoms with Crippen molar-refractivity contribution in [1.82, 2.24) is 29.3 Å². The molecule has 45 heavy (non-hydrogen) atoms. The number of rotatable bonds is 11. The van der Waals surface area contributed by atoms with Crippen LogP contribution in [0.5, 0.6) is 0 Å². The van der Waals surface area contributed by atoms with Crippen molar-refractivity contribution in [3.63, 3.8) is 0 Å². The molecule has 1 atom stereocenters. The summed E-state index contributed by atoms with van der Waals surface area (Å²) >= 11 is 0. The Balaban J connectivity index is 0.00000400. The van der Waals surface area contributed by atoms with Crippen molar-refractivity contribution in [2.24, 2.45) is 0 Å². The van der Waals surface area contributed by atoms with Gasteiger partial charge >= 0.3 is 57.1 Å². The van der Waals surface area contributed by atoms with E-state index in [4.69, 9.17) is 9.26 Å². The fourth-order valence-electron chi connectivity index (χ4n) is 6.14. The van der Waals surface area contributed by atoms with E-state index in [1.165, 1.54) is 12.4 Å². The van der Waals surface area contributed by atoms with Crippen LogP contribution in [-0.2, 0) is 17.6 Å². The maximum atomic E-state index is 14.3. The van der Waals surface area contributed by atoms with Gasteiger partial charge < -0.3 is 9.84 Å². The molecule has 1 saturated carbocycles. The summed E-state index contributed by atoms with van der Waals surface area (Å²) in [6, 6.07) is 15.7. The zero-order valence-electron chi connectivity index (χ0n) is 24.7. The molecule has 0 radical (unpaired) electrons. The molecule has 3 aromatic heterocycles. The van der Waals surface area contributed by atoms with Gasteiger partial charge in [0.2, 0.25) is 5.78 Å². The first-order chi connectivity index (χ1) is 21.5. The molecule has 1 fully saturated rings. The number of aliphatic hydroxyl groups is 1. The average Bonchev–Trinajstić information content (AvgIpc) is 3.72. The standard InChI is InChI=1S/C33H36N6O5.K.H/c1-3-7-29-28(18-21-10-12-22(13-11-21)26-8-5-6-9-27(26)30-36-33(42)44-37-30)31(41)38(32-34-20-35-39(29)32)23-14-16-25(17-15-23)43-19-24(40)4-2;;/h4-6,8-13,20,23-25,40H,2-3,7,14-19H2,1H3,(H,36,37,42);;/t23-,24?,25-;;. The third-order valence-electron chi connectivity index (χ3n) is 8.36. The van der Waals surface area contributed by atoms with E-state index in [1.54, 1.807) is 0 Å². The number of nitrogens with one attached hydrogen (secondary N) is 1. The molecule has 0 aliphatic heterocycles. The van der Waals surface area contributed by atoms with Gasteiger partial charge in [0.05, 0.1) is 24.5 Å². The summed E-state index contributed by atoms with van der Waals surface area (Å²) in [4.78, 5) is 33.0. The van der Waals surface area contributed by atoms with Crippen LogP contribution < -0.4 is 11.3 Å². The number of aromatic amines is 1. The Morgan fingerprint density at radius 3 is 2.51 bits per heavy atom. The van der Waals surface area contributed by atoms with Crippen molar-refractivity contribution in [2.45, 2.75) is 70.1 Å². The summed E-state index contributed by atoms with van der Waals surface area (Å²) in [5, 5.41) is 18.2. The number of hydrogen-bond donors (Lipinski definition) is 2. The van der Waals surface area contributed by atoms with Gasteiger partial charge in [0.25, 0.3) is 5.56 Å². The number of fused-ring (bicyclic) bond motifs is 1. The number of aliphatic hydroxyl groups excluding tert-OH is 1. The fourth-order valence-corrected chi connectivity index (χ4v) is 6.14. The van der Waals surface area contributed by atoms with Crippen molar-refractivity contribution in [2.75, 3.05) is 6.61 Å². The zero-order chi connectivity index (χ0) is 30.6. The van der Waals surface area contributed by atoms with E-state index in [9.17, 15) is 14.7 Å². The van der Waals surface area contributed by atoms with Crippen molar-refractivity contribution in [1.29, 1.82) is 0 Å². The van der Waals surface area contributed by atoms with Gasteiger partial charge in [-0.1, -0.05) is 73.1 Å². The van der Waals surface area contributed by atoms with E-state index in [-0.39, 0.29) is 75.7 Å². The van der Waals surface area contributed by atoms with E-state index in [2.05, 4.69) is 33.7 Å². The van der Waals surface area contributed by atoms with Crippen LogP contribution in [0.15, 0.2) is 81.6 Å². The van der Waals surface area contributed by atoms with Crippen molar-refractivity contribution < 1.29 is 14.4 Å². The molecule has 2 N–H and O–H groups in total. The van der Waals surface area contributed by atoms with Crippen LogP contribution in [0.3, 0.4) is 0 Å². The topological polar surface area (TPSA) is 141 Å². The molecule has 5 aromatic rings. The van der Waals surface area contributed by atoms with Crippen molar-refractivity contribution in [3.05, 3.63) is 105 Å². The van der Waals surface area contributed by atoms with E-state index in [1.807, 2.05) is 57.6 Å².